The van der Waals surface area contributed by atoms with Gasteiger partial charge >= 0.3 is 0 Å². The lowest BCUT2D eigenvalue weighted by atomic mass is 10.0. The number of hydrogen-bond donors (Lipinski definition) is 1. The van der Waals surface area contributed by atoms with E-state index in [1.807, 2.05) is 0 Å². The lowest BCUT2D eigenvalue weighted by Gasteiger charge is -2.22. The molecule has 2 heteroatoms. The van der Waals surface area contributed by atoms with Gasteiger partial charge in [-0.1, -0.05) is 12.8 Å². The Kier molecular flexibility index (Phi) is 3.23. The minimum atomic E-state index is 0.503. The molecule has 0 spiro atoms. The van der Waals surface area contributed by atoms with Gasteiger partial charge in [0.2, 0.25) is 0 Å². The van der Waals surface area contributed by atoms with Crippen LogP contribution < -0.4 is 5.32 Å². The number of rotatable bonds is 5. The van der Waals surface area contributed by atoms with E-state index in [2.05, 4.69) is 12.4 Å². The van der Waals surface area contributed by atoms with E-state index in [1.54, 1.807) is 0 Å². The summed E-state index contributed by atoms with van der Waals surface area (Å²) in [5.41, 5.74) is 0. The number of nitrogens with one attached hydrogen (secondary N) is 1. The first-order chi connectivity index (χ1) is 6.40. The monoisotopic (exact) mass is 183 g/mol. The summed E-state index contributed by atoms with van der Waals surface area (Å²) in [6.45, 7) is 0.978. The van der Waals surface area contributed by atoms with Gasteiger partial charge in [0.15, 0.2) is 0 Å². The Balaban J connectivity index is 1.70. The molecule has 0 aromatic heterocycles. The first-order valence-electron chi connectivity index (χ1n) is 5.69. The maximum absolute atomic E-state index is 5.70. The van der Waals surface area contributed by atoms with Crippen molar-refractivity contribution in [2.75, 3.05) is 13.7 Å². The van der Waals surface area contributed by atoms with Crippen LogP contribution in [0.4, 0.5) is 0 Å². The molecule has 1 saturated heterocycles. The van der Waals surface area contributed by atoms with Crippen molar-refractivity contribution in [1.29, 1.82) is 0 Å². The third kappa shape index (κ3) is 2.68. The molecule has 0 radical (unpaired) electrons. The summed E-state index contributed by atoms with van der Waals surface area (Å²) >= 11 is 0. The van der Waals surface area contributed by atoms with Gasteiger partial charge in [0.1, 0.15) is 0 Å². The molecule has 1 aliphatic carbocycles. The molecule has 2 atom stereocenters. The van der Waals surface area contributed by atoms with Gasteiger partial charge in [0.05, 0.1) is 6.10 Å². The fraction of sp³-hybridized carbons (Fsp3) is 1.00. The van der Waals surface area contributed by atoms with Crippen LogP contribution in [0, 0.1) is 5.92 Å². The van der Waals surface area contributed by atoms with E-state index >= 15 is 0 Å². The highest BCUT2D eigenvalue weighted by molar-refractivity contribution is 4.82. The van der Waals surface area contributed by atoms with Crippen molar-refractivity contribution in [3.8, 4) is 0 Å². The van der Waals surface area contributed by atoms with Crippen LogP contribution in [-0.4, -0.2) is 25.8 Å². The molecule has 76 valence electrons. The van der Waals surface area contributed by atoms with Crippen LogP contribution in [0.3, 0.4) is 0 Å². The molecular weight excluding hydrogens is 162 g/mol. The van der Waals surface area contributed by atoms with Crippen molar-refractivity contribution in [3.63, 3.8) is 0 Å². The van der Waals surface area contributed by atoms with E-state index in [9.17, 15) is 0 Å². The Labute approximate surface area is 81.0 Å². The van der Waals surface area contributed by atoms with Crippen LogP contribution in [0.15, 0.2) is 0 Å². The molecule has 2 unspecified atom stereocenters. The first-order valence-corrected chi connectivity index (χ1v) is 5.69. The predicted molar refractivity (Wildman–Crippen MR) is 53.8 cm³/mol. The minimum Gasteiger partial charge on any atom is -0.377 e. The van der Waals surface area contributed by atoms with Crippen LogP contribution in [-0.2, 0) is 4.74 Å². The molecule has 2 aliphatic rings. The third-order valence-corrected chi connectivity index (χ3v) is 3.37. The second-order valence-electron chi connectivity index (χ2n) is 4.47. The summed E-state index contributed by atoms with van der Waals surface area (Å²) in [4.78, 5) is 0. The molecule has 2 rings (SSSR count). The summed E-state index contributed by atoms with van der Waals surface area (Å²) in [5.74, 6) is 1.05. The Morgan fingerprint density at radius 1 is 1.38 bits per heavy atom. The summed E-state index contributed by atoms with van der Waals surface area (Å²) in [5, 5.41) is 3.40. The topological polar surface area (TPSA) is 21.3 Å². The Morgan fingerprint density at radius 3 is 2.77 bits per heavy atom. The zero-order valence-corrected chi connectivity index (χ0v) is 8.59. The Morgan fingerprint density at radius 2 is 2.23 bits per heavy atom. The summed E-state index contributed by atoms with van der Waals surface area (Å²) < 4.78 is 5.70. The fourth-order valence-electron chi connectivity index (χ4n) is 2.26. The fourth-order valence-corrected chi connectivity index (χ4v) is 2.26. The molecule has 1 N–H and O–H groups in total. The van der Waals surface area contributed by atoms with E-state index in [1.165, 1.54) is 38.5 Å². The van der Waals surface area contributed by atoms with E-state index < -0.39 is 0 Å². The minimum absolute atomic E-state index is 0.503. The standard InChI is InChI=1S/C11H21NO/c1-12-10(7-6-9-4-5-9)11-3-2-8-13-11/h9-12H,2-8H2,1H3. The largest absolute Gasteiger partial charge is 0.377 e. The molecule has 1 heterocycles. The number of hydrogen-bond acceptors (Lipinski definition) is 2. The van der Waals surface area contributed by atoms with Crippen molar-refractivity contribution >= 4 is 0 Å². The molecule has 13 heavy (non-hydrogen) atoms. The van der Waals surface area contributed by atoms with Crippen molar-refractivity contribution < 1.29 is 4.74 Å². The molecule has 1 aliphatic heterocycles. The van der Waals surface area contributed by atoms with Crippen molar-refractivity contribution in [3.05, 3.63) is 0 Å². The average Bonchev–Trinajstić information content (AvgIpc) is 2.81. The molecule has 2 nitrogen and oxygen atoms in total. The molecule has 0 bridgehead atoms. The van der Waals surface area contributed by atoms with Gasteiger partial charge in [-0.25, -0.2) is 0 Å². The second-order valence-corrected chi connectivity index (χ2v) is 4.47. The van der Waals surface area contributed by atoms with E-state index in [-0.39, 0.29) is 0 Å². The highest BCUT2D eigenvalue weighted by atomic mass is 16.5. The van der Waals surface area contributed by atoms with Crippen LogP contribution in [0.2, 0.25) is 0 Å². The molecule has 0 amide bonds. The van der Waals surface area contributed by atoms with Gasteiger partial charge in [-0.3, -0.25) is 0 Å². The van der Waals surface area contributed by atoms with Gasteiger partial charge in [-0.2, -0.15) is 0 Å². The summed E-state index contributed by atoms with van der Waals surface area (Å²) in [6, 6.07) is 0.614. The third-order valence-electron chi connectivity index (χ3n) is 3.37. The molecule has 0 aromatic rings. The zero-order chi connectivity index (χ0) is 9.10. The van der Waals surface area contributed by atoms with Gasteiger partial charge < -0.3 is 10.1 Å². The smallest absolute Gasteiger partial charge is 0.0728 e. The Hall–Kier alpha value is -0.0800. The molecule has 0 aromatic carbocycles. The highest BCUT2D eigenvalue weighted by Crippen LogP contribution is 2.34. The predicted octanol–water partition coefficient (Wildman–Crippen LogP) is 1.94. The molecule has 2 fully saturated rings. The maximum Gasteiger partial charge on any atom is 0.0728 e. The summed E-state index contributed by atoms with van der Waals surface area (Å²) in [6.07, 6.45) is 8.69. The number of ether oxygens (including phenoxy) is 1. The van der Waals surface area contributed by atoms with Crippen LogP contribution >= 0.6 is 0 Å². The summed E-state index contributed by atoms with van der Waals surface area (Å²) in [7, 11) is 2.07. The second kappa shape index (κ2) is 4.43. The first kappa shape index (κ1) is 9.47. The van der Waals surface area contributed by atoms with Gasteiger partial charge in [-0.05, 0) is 38.6 Å². The van der Waals surface area contributed by atoms with E-state index in [0.717, 1.165) is 12.5 Å². The molecule has 1 saturated carbocycles. The van der Waals surface area contributed by atoms with E-state index in [0.29, 0.717) is 12.1 Å². The lowest BCUT2D eigenvalue weighted by molar-refractivity contribution is 0.0770. The Bertz CT molecular complexity index is 150. The van der Waals surface area contributed by atoms with Crippen LogP contribution in [0.25, 0.3) is 0 Å². The lowest BCUT2D eigenvalue weighted by Crippen LogP contribution is -2.37. The normalized spacial score (nSPS) is 30.7. The van der Waals surface area contributed by atoms with Crippen LogP contribution in [0.1, 0.15) is 38.5 Å². The quantitative estimate of drug-likeness (QED) is 0.703. The van der Waals surface area contributed by atoms with Crippen molar-refractivity contribution in [2.45, 2.75) is 50.7 Å². The average molecular weight is 183 g/mol. The zero-order valence-electron chi connectivity index (χ0n) is 8.59. The molecular formula is C11H21NO. The maximum atomic E-state index is 5.70. The van der Waals surface area contributed by atoms with Gasteiger partial charge in [0, 0.05) is 12.6 Å². The SMILES string of the molecule is CNC(CCC1CC1)C1CCCO1. The van der Waals surface area contributed by atoms with Crippen molar-refractivity contribution in [1.82, 2.24) is 5.32 Å². The van der Waals surface area contributed by atoms with Gasteiger partial charge in [-0.15, -0.1) is 0 Å². The van der Waals surface area contributed by atoms with Crippen LogP contribution in [0.5, 0.6) is 0 Å². The van der Waals surface area contributed by atoms with E-state index in [4.69, 9.17) is 4.74 Å². The number of likely N-dealkylation sites (N-methyl/N-ethyl adjacent to an activating group) is 1. The highest BCUT2D eigenvalue weighted by Gasteiger charge is 2.27. The van der Waals surface area contributed by atoms with Gasteiger partial charge in [0.25, 0.3) is 0 Å². The van der Waals surface area contributed by atoms with Crippen molar-refractivity contribution in [2.24, 2.45) is 5.92 Å².